The van der Waals surface area contributed by atoms with Gasteiger partial charge in [-0.3, -0.25) is 0 Å². The molecule has 0 aliphatic heterocycles. The van der Waals surface area contributed by atoms with Crippen molar-refractivity contribution < 1.29 is 0 Å². The van der Waals surface area contributed by atoms with Crippen LogP contribution in [-0.2, 0) is 0 Å². The maximum absolute atomic E-state index is 2.67. The highest BCUT2D eigenvalue weighted by Gasteiger charge is 2.81. The van der Waals surface area contributed by atoms with Gasteiger partial charge in [-0.25, -0.2) is 0 Å². The molecule has 0 N–H and O–H groups in total. The molecule has 0 heterocycles. The molecule has 0 aromatic heterocycles. The molecule has 22 heavy (non-hydrogen) atoms. The van der Waals surface area contributed by atoms with E-state index in [0.29, 0.717) is 27.1 Å². The van der Waals surface area contributed by atoms with Gasteiger partial charge in [0.1, 0.15) is 0 Å². The second kappa shape index (κ2) is 5.36. The summed E-state index contributed by atoms with van der Waals surface area (Å²) in [5.74, 6) is 1.90. The summed E-state index contributed by atoms with van der Waals surface area (Å²) in [5.41, 5.74) is 2.60. The molecule has 2 saturated carbocycles. The van der Waals surface area contributed by atoms with Gasteiger partial charge in [-0.2, -0.15) is 0 Å². The number of halogens is 1. The highest BCUT2D eigenvalue weighted by atomic mass is 127. The van der Waals surface area contributed by atoms with Gasteiger partial charge in [0.05, 0.1) is 0 Å². The van der Waals surface area contributed by atoms with Crippen LogP contribution in [0.15, 0.2) is 0 Å². The zero-order valence-electron chi connectivity index (χ0n) is 16.6. The predicted molar refractivity (Wildman–Crippen MR) is 108 cm³/mol. The molecule has 2 aliphatic carbocycles. The van der Waals surface area contributed by atoms with Crippen molar-refractivity contribution in [3.8, 4) is 0 Å². The fraction of sp³-hybridized carbons (Fsp3) is 1.00. The molecule has 2 fully saturated rings. The molecule has 4 atom stereocenters. The van der Waals surface area contributed by atoms with E-state index in [4.69, 9.17) is 0 Å². The Bertz CT molecular complexity index is 417. The maximum Gasteiger partial charge on any atom is 0.00349 e. The summed E-state index contributed by atoms with van der Waals surface area (Å²) in [5, 5.41) is 0. The number of hydrogen-bond acceptors (Lipinski definition) is 0. The molecule has 0 saturated heterocycles. The standard InChI is InChI=1S/C21H39I/c1-17(2,3)10-15-11-20(14-18(4,5)6)16(13-22)21(20,12-15)19(7,8)9/h15-16H,10-14H2,1-9H3/t15?,16-,20?,21?/m0/s1. The van der Waals surface area contributed by atoms with Crippen molar-refractivity contribution in [1.29, 1.82) is 0 Å². The third-order valence-electron chi connectivity index (χ3n) is 6.57. The SMILES string of the molecule is CC(C)(C)CC1CC2(CC(C)(C)C)[C@H](CI)C2(C(C)(C)C)C1. The molecule has 0 spiro atoms. The van der Waals surface area contributed by atoms with E-state index in [2.05, 4.69) is 84.9 Å². The Balaban J connectivity index is 2.34. The first-order chi connectivity index (χ1) is 9.69. The molecular weight excluding hydrogens is 379 g/mol. The van der Waals surface area contributed by atoms with Crippen LogP contribution in [0.25, 0.3) is 0 Å². The van der Waals surface area contributed by atoms with Crippen LogP contribution in [0, 0.1) is 38.9 Å². The highest BCUT2D eigenvalue weighted by molar-refractivity contribution is 14.1. The minimum absolute atomic E-state index is 0.445. The Morgan fingerprint density at radius 1 is 0.864 bits per heavy atom. The number of fused-ring (bicyclic) bond motifs is 1. The highest BCUT2D eigenvalue weighted by Crippen LogP contribution is 2.87. The molecule has 0 amide bonds. The van der Waals surface area contributed by atoms with Gasteiger partial charge in [0.15, 0.2) is 0 Å². The molecule has 0 bridgehead atoms. The van der Waals surface area contributed by atoms with Gasteiger partial charge in [0.2, 0.25) is 0 Å². The quantitative estimate of drug-likeness (QED) is 0.332. The van der Waals surface area contributed by atoms with E-state index in [1.807, 2.05) is 0 Å². The largest absolute Gasteiger partial charge is 0.0860 e. The predicted octanol–water partition coefficient (Wildman–Crippen LogP) is 7.35. The van der Waals surface area contributed by atoms with Gasteiger partial charge in [0.25, 0.3) is 0 Å². The molecule has 0 radical (unpaired) electrons. The molecule has 0 aromatic carbocycles. The minimum Gasteiger partial charge on any atom is -0.0860 e. The zero-order valence-corrected chi connectivity index (χ0v) is 18.7. The van der Waals surface area contributed by atoms with Crippen LogP contribution in [0.1, 0.15) is 88.0 Å². The average Bonchev–Trinajstić information content (AvgIpc) is 2.58. The monoisotopic (exact) mass is 418 g/mol. The van der Waals surface area contributed by atoms with Gasteiger partial charge in [-0.15, -0.1) is 0 Å². The van der Waals surface area contributed by atoms with E-state index < -0.39 is 0 Å². The van der Waals surface area contributed by atoms with Crippen LogP contribution in [0.3, 0.4) is 0 Å². The fourth-order valence-corrected chi connectivity index (χ4v) is 8.23. The molecule has 1 heteroatoms. The number of hydrogen-bond donors (Lipinski definition) is 0. The second-order valence-corrected chi connectivity index (χ2v) is 12.7. The van der Waals surface area contributed by atoms with Crippen molar-refractivity contribution in [1.82, 2.24) is 0 Å². The van der Waals surface area contributed by atoms with Crippen molar-refractivity contribution in [3.63, 3.8) is 0 Å². The Hall–Kier alpha value is 0.730. The van der Waals surface area contributed by atoms with Crippen molar-refractivity contribution in [3.05, 3.63) is 0 Å². The summed E-state index contributed by atoms with van der Waals surface area (Å²) in [6, 6.07) is 0. The lowest BCUT2D eigenvalue weighted by Gasteiger charge is -2.35. The van der Waals surface area contributed by atoms with Crippen molar-refractivity contribution in [2.24, 2.45) is 38.9 Å². The van der Waals surface area contributed by atoms with E-state index in [-0.39, 0.29) is 0 Å². The van der Waals surface area contributed by atoms with Crippen LogP contribution in [0.5, 0.6) is 0 Å². The molecule has 2 aliphatic rings. The first-order valence-corrected chi connectivity index (χ1v) is 10.8. The van der Waals surface area contributed by atoms with Crippen LogP contribution in [0.2, 0.25) is 0 Å². The summed E-state index contributed by atoms with van der Waals surface area (Å²) in [6.45, 7) is 22.2. The Morgan fingerprint density at radius 3 is 1.77 bits per heavy atom. The zero-order chi connectivity index (χ0) is 17.2. The van der Waals surface area contributed by atoms with Gasteiger partial charge < -0.3 is 0 Å². The van der Waals surface area contributed by atoms with E-state index in [1.54, 1.807) is 0 Å². The normalized spacial score (nSPS) is 39.0. The summed E-state index contributed by atoms with van der Waals surface area (Å²) in [4.78, 5) is 0. The first kappa shape index (κ1) is 19.1. The lowest BCUT2D eigenvalue weighted by atomic mass is 9.69. The number of rotatable bonds is 3. The van der Waals surface area contributed by atoms with Gasteiger partial charge in [-0.05, 0) is 64.6 Å². The molecular formula is C21H39I. The Kier molecular flexibility index (Phi) is 4.65. The van der Waals surface area contributed by atoms with E-state index in [0.717, 1.165) is 11.8 Å². The molecule has 3 unspecified atom stereocenters. The van der Waals surface area contributed by atoms with E-state index in [1.165, 1.54) is 30.1 Å². The Labute approximate surface area is 153 Å². The first-order valence-electron chi connectivity index (χ1n) is 9.25. The van der Waals surface area contributed by atoms with Crippen molar-refractivity contribution >= 4 is 22.6 Å². The third-order valence-corrected chi connectivity index (χ3v) is 7.45. The molecule has 130 valence electrons. The number of alkyl halides is 1. The van der Waals surface area contributed by atoms with Gasteiger partial charge in [-0.1, -0.05) is 84.9 Å². The summed E-state index contributed by atoms with van der Waals surface area (Å²) >= 11 is 2.67. The molecule has 0 aromatic rings. The van der Waals surface area contributed by atoms with Crippen LogP contribution >= 0.6 is 22.6 Å². The summed E-state index contributed by atoms with van der Waals surface area (Å²) < 4.78 is 1.35. The second-order valence-electron chi connectivity index (χ2n) is 11.9. The third kappa shape index (κ3) is 3.02. The van der Waals surface area contributed by atoms with E-state index in [9.17, 15) is 0 Å². The van der Waals surface area contributed by atoms with E-state index >= 15 is 0 Å². The lowest BCUT2D eigenvalue weighted by Crippen LogP contribution is -2.28. The minimum atomic E-state index is 0.445. The Morgan fingerprint density at radius 2 is 1.41 bits per heavy atom. The van der Waals surface area contributed by atoms with Crippen LogP contribution in [-0.4, -0.2) is 4.43 Å². The van der Waals surface area contributed by atoms with Crippen LogP contribution < -0.4 is 0 Å². The van der Waals surface area contributed by atoms with Crippen molar-refractivity contribution in [2.45, 2.75) is 88.0 Å². The van der Waals surface area contributed by atoms with Crippen LogP contribution in [0.4, 0.5) is 0 Å². The smallest absolute Gasteiger partial charge is 0.00349 e. The lowest BCUT2D eigenvalue weighted by molar-refractivity contribution is 0.137. The van der Waals surface area contributed by atoms with Crippen molar-refractivity contribution in [2.75, 3.05) is 4.43 Å². The fourth-order valence-electron chi connectivity index (χ4n) is 6.64. The summed E-state index contributed by atoms with van der Waals surface area (Å²) in [6.07, 6.45) is 5.81. The van der Waals surface area contributed by atoms with Gasteiger partial charge >= 0.3 is 0 Å². The maximum atomic E-state index is 2.67. The molecule has 0 nitrogen and oxygen atoms in total. The summed E-state index contributed by atoms with van der Waals surface area (Å²) in [7, 11) is 0. The topological polar surface area (TPSA) is 0 Å². The average molecular weight is 418 g/mol. The molecule has 2 rings (SSSR count). The van der Waals surface area contributed by atoms with Gasteiger partial charge in [0, 0.05) is 4.43 Å².